The van der Waals surface area contributed by atoms with Crippen LogP contribution in [0.25, 0.3) is 0 Å². The van der Waals surface area contributed by atoms with E-state index in [-0.39, 0.29) is 59.9 Å². The van der Waals surface area contributed by atoms with E-state index in [2.05, 4.69) is 35.6 Å². The third-order valence-corrected chi connectivity index (χ3v) is 14.2. The normalized spacial score (nSPS) is 38.9. The van der Waals surface area contributed by atoms with Crippen LogP contribution in [-0.4, -0.2) is 178 Å². The summed E-state index contributed by atoms with van der Waals surface area (Å²) in [4.78, 5) is 49.8. The van der Waals surface area contributed by atoms with Gasteiger partial charge in [0, 0.05) is 76.9 Å². The van der Waals surface area contributed by atoms with E-state index in [0.29, 0.717) is 50.5 Å². The fourth-order valence-corrected chi connectivity index (χ4v) is 11.5. The molecule has 8 aliphatic rings. The summed E-state index contributed by atoms with van der Waals surface area (Å²) in [7, 11) is 4.06. The van der Waals surface area contributed by atoms with E-state index < -0.39 is 24.2 Å². The zero-order valence-electron chi connectivity index (χ0n) is 33.2. The lowest BCUT2D eigenvalue weighted by molar-refractivity contribution is -0.220. The van der Waals surface area contributed by atoms with Crippen LogP contribution in [0.4, 0.5) is 4.39 Å². The summed E-state index contributed by atoms with van der Waals surface area (Å²) in [5.41, 5.74) is 0.154. The fraction of sp³-hybridized carbons (Fsp3) is 0.878. The van der Waals surface area contributed by atoms with Gasteiger partial charge in [0.2, 0.25) is 5.91 Å². The molecule has 0 radical (unpaired) electrons. The van der Waals surface area contributed by atoms with Gasteiger partial charge in [-0.3, -0.25) is 24.2 Å². The van der Waals surface area contributed by atoms with E-state index in [0.717, 1.165) is 84.5 Å². The molecule has 7 fully saturated rings. The van der Waals surface area contributed by atoms with Crippen LogP contribution in [0.5, 0.6) is 0 Å². The molecule has 5 heterocycles. The number of hydrogen-bond acceptors (Lipinski definition) is 11. The van der Waals surface area contributed by atoms with Gasteiger partial charge in [-0.2, -0.15) is 0 Å². The highest BCUT2D eigenvalue weighted by Crippen LogP contribution is 2.53. The average Bonchev–Trinajstić information content (AvgIpc) is 3.78. The Hall–Kier alpha value is -2.20. The van der Waals surface area contributed by atoms with Crippen molar-refractivity contribution in [2.45, 2.75) is 125 Å². The zero-order chi connectivity index (χ0) is 38.1. The largest absolute Gasteiger partial charge is 0.379 e. The molecule has 4 saturated heterocycles. The second kappa shape index (κ2) is 17.7. The summed E-state index contributed by atoms with van der Waals surface area (Å²) < 4.78 is 36.1. The Kier molecular flexibility index (Phi) is 12.8. The molecule has 3 saturated carbocycles. The lowest BCUT2D eigenvalue weighted by Gasteiger charge is -2.61. The number of fused-ring (bicyclic) bond motifs is 5. The lowest BCUT2D eigenvalue weighted by Crippen LogP contribution is -2.73. The van der Waals surface area contributed by atoms with Gasteiger partial charge in [0.05, 0.1) is 61.3 Å². The van der Waals surface area contributed by atoms with E-state index >= 15 is 4.39 Å². The average molecular weight is 772 g/mol. The molecule has 3 N–H and O–H groups in total. The van der Waals surface area contributed by atoms with E-state index in [1.165, 1.54) is 19.3 Å². The van der Waals surface area contributed by atoms with Crippen molar-refractivity contribution >= 4 is 17.6 Å². The second-order valence-electron chi connectivity index (χ2n) is 18.0. The third-order valence-electron chi connectivity index (χ3n) is 14.2. The minimum absolute atomic E-state index is 0.0113. The first-order chi connectivity index (χ1) is 26.7. The van der Waals surface area contributed by atoms with Crippen LogP contribution in [0.3, 0.4) is 0 Å². The minimum atomic E-state index is -1.29. The Morgan fingerprint density at radius 3 is 2.58 bits per heavy atom. The molecule has 0 bridgehead atoms. The molecule has 8 rings (SSSR count). The first kappa shape index (κ1) is 39.6. The molecule has 0 aromatic rings. The van der Waals surface area contributed by atoms with Crippen LogP contribution < -0.4 is 16.0 Å². The number of amides is 2. The monoisotopic (exact) mass is 772 g/mol. The maximum Gasteiger partial charge on any atom is 0.256 e. The van der Waals surface area contributed by atoms with Crippen molar-refractivity contribution in [3.63, 3.8) is 0 Å². The second-order valence-corrected chi connectivity index (χ2v) is 18.0. The molecule has 2 amide bonds. The molecule has 3 aliphatic carbocycles. The Morgan fingerprint density at radius 1 is 0.909 bits per heavy atom. The molecule has 13 nitrogen and oxygen atoms in total. The van der Waals surface area contributed by atoms with Crippen LogP contribution in [0.1, 0.15) is 70.6 Å². The molecular formula is C41H66FN7O6. The number of Topliss-reactive ketones (excluding diaryl/α,β-unsaturated/α-hetero) is 1. The molecule has 12 atom stereocenters. The maximum atomic E-state index is 16.8. The molecule has 308 valence electrons. The number of ketones is 1. The Bertz CT molecular complexity index is 1400. The van der Waals surface area contributed by atoms with E-state index in [1.54, 1.807) is 0 Å². The molecule has 0 spiro atoms. The Balaban J connectivity index is 0.941. The number of morpholine rings is 2. The predicted octanol–water partition coefficient (Wildman–Crippen LogP) is 1.31. The molecule has 55 heavy (non-hydrogen) atoms. The smallest absolute Gasteiger partial charge is 0.256 e. The third kappa shape index (κ3) is 8.66. The number of carbonyl (C=O) groups is 3. The van der Waals surface area contributed by atoms with Crippen molar-refractivity contribution in [1.82, 2.24) is 35.6 Å². The topological polar surface area (TPSA) is 128 Å². The van der Waals surface area contributed by atoms with E-state index in [1.807, 2.05) is 20.3 Å². The Morgan fingerprint density at radius 2 is 1.75 bits per heavy atom. The van der Waals surface area contributed by atoms with Crippen molar-refractivity contribution in [3.05, 3.63) is 11.8 Å². The summed E-state index contributed by atoms with van der Waals surface area (Å²) in [5.74, 6) is -0.301. The highest BCUT2D eigenvalue weighted by Gasteiger charge is 2.62. The number of unbranched alkanes of at least 4 members (excludes halogenated alkanes) is 1. The van der Waals surface area contributed by atoms with Gasteiger partial charge in [-0.25, -0.2) is 4.39 Å². The molecule has 11 unspecified atom stereocenters. The van der Waals surface area contributed by atoms with Crippen LogP contribution in [-0.2, 0) is 28.6 Å². The number of hydrogen-bond donors (Lipinski definition) is 3. The summed E-state index contributed by atoms with van der Waals surface area (Å²) in [6, 6.07) is -0.971. The van der Waals surface area contributed by atoms with Gasteiger partial charge in [0.15, 0.2) is 5.78 Å². The number of nitrogens with zero attached hydrogens (tertiary/aromatic N) is 4. The van der Waals surface area contributed by atoms with Gasteiger partial charge in [0.1, 0.15) is 6.17 Å². The van der Waals surface area contributed by atoms with Crippen LogP contribution in [0.2, 0.25) is 0 Å². The highest BCUT2D eigenvalue weighted by atomic mass is 19.1. The summed E-state index contributed by atoms with van der Waals surface area (Å²) >= 11 is 0. The van der Waals surface area contributed by atoms with Gasteiger partial charge in [-0.15, -0.1) is 0 Å². The molecule has 5 aliphatic heterocycles. The van der Waals surface area contributed by atoms with Crippen molar-refractivity contribution in [2.24, 2.45) is 17.8 Å². The number of halogens is 1. The van der Waals surface area contributed by atoms with Gasteiger partial charge < -0.3 is 40.0 Å². The van der Waals surface area contributed by atoms with E-state index in [4.69, 9.17) is 14.2 Å². The van der Waals surface area contributed by atoms with Crippen LogP contribution in [0.15, 0.2) is 11.8 Å². The van der Waals surface area contributed by atoms with Gasteiger partial charge in [-0.1, -0.05) is 12.8 Å². The number of likely N-dealkylation sites (tertiary alicyclic amines) is 1. The van der Waals surface area contributed by atoms with Crippen molar-refractivity contribution in [3.8, 4) is 0 Å². The minimum Gasteiger partial charge on any atom is -0.379 e. The summed E-state index contributed by atoms with van der Waals surface area (Å²) in [6.45, 7) is 8.51. The summed E-state index contributed by atoms with van der Waals surface area (Å²) in [6.07, 6.45) is 9.72. The van der Waals surface area contributed by atoms with Crippen molar-refractivity contribution in [2.75, 3.05) is 86.2 Å². The van der Waals surface area contributed by atoms with Crippen LogP contribution in [0, 0.1) is 17.8 Å². The Labute approximate surface area is 326 Å². The SMILES string of the molecule is CN(C)CCCCNC(=O)C1=CN2C3CC4OC5CCCCC5C4CC3OC3C(N4CC[C@@H](NC(=O)CCNCCN5CCOCC5)C4)C(F)CC(C1=O)C32. The fourth-order valence-electron chi connectivity index (χ4n) is 11.5. The van der Waals surface area contributed by atoms with Crippen molar-refractivity contribution < 1.29 is 33.0 Å². The number of ether oxygens (including phenoxy) is 3. The molecular weight excluding hydrogens is 705 g/mol. The number of alkyl halides is 1. The number of carbonyl (C=O) groups excluding carboxylic acids is 3. The standard InChI is InChI=1S/C41H66FN7O6/c1-46(2)14-6-5-11-44-41(52)30-25-49-32-23-34-28(27-7-3-4-8-33(27)54-34)22-35(32)55-40-37(49)29(39(30)51)21-31(42)38(40)48-15-10-26(24-48)45-36(50)9-12-43-13-16-47-17-19-53-20-18-47/h25-29,31-35,37-38,40,43H,3-24H2,1-2H3,(H,44,52)(H,45,50)/t26-,27?,28?,29?,31?,32?,33?,34?,35?,37?,38?,40?/m1/s1. The van der Waals surface area contributed by atoms with Gasteiger partial charge in [0.25, 0.3) is 5.91 Å². The zero-order valence-corrected chi connectivity index (χ0v) is 33.2. The molecule has 14 heteroatoms. The predicted molar refractivity (Wildman–Crippen MR) is 205 cm³/mol. The quantitative estimate of drug-likeness (QED) is 0.175. The highest BCUT2D eigenvalue weighted by molar-refractivity contribution is 6.20. The lowest BCUT2D eigenvalue weighted by atomic mass is 9.67. The maximum absolute atomic E-state index is 16.8. The van der Waals surface area contributed by atoms with Crippen LogP contribution >= 0.6 is 0 Å². The van der Waals surface area contributed by atoms with Crippen molar-refractivity contribution in [1.29, 1.82) is 0 Å². The van der Waals surface area contributed by atoms with Gasteiger partial charge >= 0.3 is 0 Å². The molecule has 0 aromatic heterocycles. The first-order valence-electron chi connectivity index (χ1n) is 21.7. The summed E-state index contributed by atoms with van der Waals surface area (Å²) in [5, 5.41) is 9.63. The number of rotatable bonds is 14. The van der Waals surface area contributed by atoms with E-state index in [9.17, 15) is 14.4 Å². The molecule has 0 aromatic carbocycles. The first-order valence-corrected chi connectivity index (χ1v) is 21.7. The van der Waals surface area contributed by atoms with Gasteiger partial charge in [-0.05, 0) is 83.8 Å². The number of nitrogens with one attached hydrogen (secondary N) is 3.